The SMILES string of the molecule is CNCC(C)c1c(C)nc(-c2cccc(Cl)c2)nc1C. The molecule has 1 atom stereocenters. The third-order valence-electron chi connectivity index (χ3n) is 3.41. The fourth-order valence-corrected chi connectivity index (χ4v) is 2.79. The first-order valence-electron chi connectivity index (χ1n) is 6.78. The second-order valence-electron chi connectivity index (χ2n) is 5.10. The lowest BCUT2D eigenvalue weighted by atomic mass is 9.98. The van der Waals surface area contributed by atoms with Crippen LogP contribution in [0.3, 0.4) is 0 Å². The van der Waals surface area contributed by atoms with Gasteiger partial charge in [-0.1, -0.05) is 30.7 Å². The summed E-state index contributed by atoms with van der Waals surface area (Å²) in [6.45, 7) is 7.20. The summed E-state index contributed by atoms with van der Waals surface area (Å²) in [5, 5.41) is 3.90. The van der Waals surface area contributed by atoms with Crippen molar-refractivity contribution in [2.24, 2.45) is 0 Å². The second-order valence-corrected chi connectivity index (χ2v) is 5.54. The van der Waals surface area contributed by atoms with Crippen LogP contribution in [-0.4, -0.2) is 23.6 Å². The first kappa shape index (κ1) is 14.9. The van der Waals surface area contributed by atoms with E-state index < -0.39 is 0 Å². The van der Waals surface area contributed by atoms with Gasteiger partial charge in [-0.3, -0.25) is 0 Å². The number of aromatic nitrogens is 2. The summed E-state index contributed by atoms with van der Waals surface area (Å²) in [4.78, 5) is 9.30. The molecule has 1 aromatic heterocycles. The van der Waals surface area contributed by atoms with Crippen molar-refractivity contribution in [2.75, 3.05) is 13.6 Å². The number of hydrogen-bond acceptors (Lipinski definition) is 3. The smallest absolute Gasteiger partial charge is 0.159 e. The minimum atomic E-state index is 0.397. The van der Waals surface area contributed by atoms with Gasteiger partial charge in [-0.05, 0) is 44.5 Å². The monoisotopic (exact) mass is 289 g/mol. The van der Waals surface area contributed by atoms with Crippen LogP contribution in [0.4, 0.5) is 0 Å². The molecule has 1 aromatic carbocycles. The maximum atomic E-state index is 6.03. The fraction of sp³-hybridized carbons (Fsp3) is 0.375. The molecule has 2 aromatic rings. The molecule has 0 amide bonds. The average molecular weight is 290 g/mol. The topological polar surface area (TPSA) is 37.8 Å². The van der Waals surface area contributed by atoms with Crippen molar-refractivity contribution < 1.29 is 0 Å². The molecule has 106 valence electrons. The molecular formula is C16H20ClN3. The summed E-state index contributed by atoms with van der Waals surface area (Å²) in [6.07, 6.45) is 0. The molecular weight excluding hydrogens is 270 g/mol. The number of hydrogen-bond donors (Lipinski definition) is 1. The minimum absolute atomic E-state index is 0.397. The molecule has 0 spiro atoms. The summed E-state index contributed by atoms with van der Waals surface area (Å²) in [5.74, 6) is 1.14. The van der Waals surface area contributed by atoms with Crippen LogP contribution in [0.25, 0.3) is 11.4 Å². The molecule has 0 aliphatic rings. The van der Waals surface area contributed by atoms with E-state index in [1.165, 1.54) is 5.56 Å². The Morgan fingerprint density at radius 2 is 1.85 bits per heavy atom. The largest absolute Gasteiger partial charge is 0.319 e. The van der Waals surface area contributed by atoms with Crippen LogP contribution < -0.4 is 5.32 Å². The van der Waals surface area contributed by atoms with Gasteiger partial charge >= 0.3 is 0 Å². The van der Waals surface area contributed by atoms with Crippen molar-refractivity contribution in [3.05, 3.63) is 46.2 Å². The lowest BCUT2D eigenvalue weighted by Crippen LogP contribution is -2.17. The van der Waals surface area contributed by atoms with Crippen LogP contribution in [0.5, 0.6) is 0 Å². The molecule has 4 heteroatoms. The Bertz CT molecular complexity index is 587. The van der Waals surface area contributed by atoms with E-state index in [-0.39, 0.29) is 0 Å². The summed E-state index contributed by atoms with van der Waals surface area (Å²) in [6, 6.07) is 7.65. The van der Waals surface area contributed by atoms with Gasteiger partial charge in [-0.15, -0.1) is 0 Å². The molecule has 1 heterocycles. The lowest BCUT2D eigenvalue weighted by molar-refractivity contribution is 0.663. The number of nitrogens with one attached hydrogen (secondary N) is 1. The lowest BCUT2D eigenvalue weighted by Gasteiger charge is -2.17. The zero-order valence-corrected chi connectivity index (χ0v) is 13.1. The molecule has 2 rings (SSSR count). The van der Waals surface area contributed by atoms with Crippen LogP contribution in [0.2, 0.25) is 5.02 Å². The van der Waals surface area contributed by atoms with Gasteiger partial charge in [-0.2, -0.15) is 0 Å². The van der Waals surface area contributed by atoms with E-state index >= 15 is 0 Å². The highest BCUT2D eigenvalue weighted by atomic mass is 35.5. The van der Waals surface area contributed by atoms with Gasteiger partial charge in [0.05, 0.1) is 0 Å². The molecule has 1 N–H and O–H groups in total. The molecule has 20 heavy (non-hydrogen) atoms. The van der Waals surface area contributed by atoms with E-state index in [1.54, 1.807) is 0 Å². The first-order valence-corrected chi connectivity index (χ1v) is 7.16. The Labute approximate surface area is 125 Å². The third-order valence-corrected chi connectivity index (χ3v) is 3.65. The molecule has 3 nitrogen and oxygen atoms in total. The molecule has 0 bridgehead atoms. The summed E-state index contributed by atoms with van der Waals surface area (Å²) >= 11 is 6.03. The summed E-state index contributed by atoms with van der Waals surface area (Å²) in [5.41, 5.74) is 4.26. The highest BCUT2D eigenvalue weighted by Crippen LogP contribution is 2.25. The minimum Gasteiger partial charge on any atom is -0.319 e. The summed E-state index contributed by atoms with van der Waals surface area (Å²) in [7, 11) is 1.96. The van der Waals surface area contributed by atoms with Gasteiger partial charge in [0, 0.05) is 28.5 Å². The highest BCUT2D eigenvalue weighted by molar-refractivity contribution is 6.30. The molecule has 0 aliphatic heterocycles. The summed E-state index contributed by atoms with van der Waals surface area (Å²) < 4.78 is 0. The van der Waals surface area contributed by atoms with Gasteiger partial charge in [0.2, 0.25) is 0 Å². The predicted molar refractivity (Wildman–Crippen MR) is 84.3 cm³/mol. The van der Waals surface area contributed by atoms with E-state index in [2.05, 4.69) is 22.2 Å². The van der Waals surface area contributed by atoms with Crippen LogP contribution in [0.15, 0.2) is 24.3 Å². The number of nitrogens with zero attached hydrogens (tertiary/aromatic N) is 2. The number of benzene rings is 1. The molecule has 1 unspecified atom stereocenters. The highest BCUT2D eigenvalue weighted by Gasteiger charge is 2.15. The normalized spacial score (nSPS) is 12.4. The molecule has 0 fully saturated rings. The Balaban J connectivity index is 2.45. The maximum absolute atomic E-state index is 6.03. The fourth-order valence-electron chi connectivity index (χ4n) is 2.60. The van der Waals surface area contributed by atoms with Crippen LogP contribution in [0.1, 0.15) is 29.8 Å². The van der Waals surface area contributed by atoms with Gasteiger partial charge < -0.3 is 5.32 Å². The van der Waals surface area contributed by atoms with Crippen molar-refractivity contribution in [3.8, 4) is 11.4 Å². The zero-order chi connectivity index (χ0) is 14.7. The van der Waals surface area contributed by atoms with Gasteiger partial charge in [0.1, 0.15) is 0 Å². The van der Waals surface area contributed by atoms with Crippen molar-refractivity contribution >= 4 is 11.6 Å². The Morgan fingerprint density at radius 1 is 1.20 bits per heavy atom. The number of rotatable bonds is 4. The number of likely N-dealkylation sites (N-methyl/N-ethyl adjacent to an activating group) is 1. The third kappa shape index (κ3) is 3.17. The Morgan fingerprint density at radius 3 is 2.40 bits per heavy atom. The van der Waals surface area contributed by atoms with E-state index in [0.29, 0.717) is 10.9 Å². The van der Waals surface area contributed by atoms with Crippen LogP contribution in [0, 0.1) is 13.8 Å². The van der Waals surface area contributed by atoms with E-state index in [4.69, 9.17) is 11.6 Å². The van der Waals surface area contributed by atoms with Crippen LogP contribution >= 0.6 is 11.6 Å². The zero-order valence-electron chi connectivity index (χ0n) is 12.4. The predicted octanol–water partition coefficient (Wildman–Crippen LogP) is 3.74. The standard InChI is InChI=1S/C16H20ClN3/c1-10(9-18-4)15-11(2)19-16(20-12(15)3)13-6-5-7-14(17)8-13/h5-8,10,18H,9H2,1-4H3. The first-order chi connectivity index (χ1) is 9.52. The molecule has 0 saturated carbocycles. The van der Waals surface area contributed by atoms with Crippen molar-refractivity contribution in [1.29, 1.82) is 0 Å². The van der Waals surface area contributed by atoms with Gasteiger partial charge in [0.15, 0.2) is 5.82 Å². The second kappa shape index (κ2) is 6.33. The molecule has 0 radical (unpaired) electrons. The Hall–Kier alpha value is -1.45. The van der Waals surface area contributed by atoms with E-state index in [0.717, 1.165) is 29.3 Å². The number of halogens is 1. The number of aryl methyl sites for hydroxylation is 2. The average Bonchev–Trinajstić information content (AvgIpc) is 2.38. The van der Waals surface area contributed by atoms with Gasteiger partial charge in [-0.25, -0.2) is 9.97 Å². The van der Waals surface area contributed by atoms with Crippen molar-refractivity contribution in [2.45, 2.75) is 26.7 Å². The van der Waals surface area contributed by atoms with E-state index in [1.807, 2.05) is 45.2 Å². The van der Waals surface area contributed by atoms with Crippen molar-refractivity contribution in [3.63, 3.8) is 0 Å². The van der Waals surface area contributed by atoms with E-state index in [9.17, 15) is 0 Å². The molecule has 0 saturated heterocycles. The quantitative estimate of drug-likeness (QED) is 0.932. The van der Waals surface area contributed by atoms with Gasteiger partial charge in [0.25, 0.3) is 0 Å². The van der Waals surface area contributed by atoms with Crippen LogP contribution in [-0.2, 0) is 0 Å². The maximum Gasteiger partial charge on any atom is 0.159 e. The van der Waals surface area contributed by atoms with Crippen molar-refractivity contribution in [1.82, 2.24) is 15.3 Å². The molecule has 0 aliphatic carbocycles. The Kier molecular flexibility index (Phi) is 4.73.